The van der Waals surface area contributed by atoms with E-state index in [0.29, 0.717) is 6.04 Å². The lowest BCUT2D eigenvalue weighted by molar-refractivity contribution is 0.263. The van der Waals surface area contributed by atoms with E-state index < -0.39 is 0 Å². The van der Waals surface area contributed by atoms with Crippen molar-refractivity contribution in [3.05, 3.63) is 18.2 Å². The molecule has 1 aromatic heterocycles. The topological polar surface area (TPSA) is 41.3 Å². The third kappa shape index (κ3) is 1.68. The van der Waals surface area contributed by atoms with Gasteiger partial charge in [-0.25, -0.2) is 4.98 Å². The van der Waals surface area contributed by atoms with Crippen LogP contribution in [-0.2, 0) is 6.61 Å². The zero-order valence-corrected chi connectivity index (χ0v) is 8.84. The molecule has 1 aromatic rings. The SMILES string of the molecule is OCc1cncn1C1CCN(C2CC2)C1. The van der Waals surface area contributed by atoms with E-state index in [9.17, 15) is 5.11 Å². The van der Waals surface area contributed by atoms with Gasteiger partial charge in [-0.05, 0) is 19.3 Å². The fourth-order valence-corrected chi connectivity index (χ4v) is 2.55. The summed E-state index contributed by atoms with van der Waals surface area (Å²) >= 11 is 0. The maximum absolute atomic E-state index is 9.18. The largest absolute Gasteiger partial charge is 0.390 e. The van der Waals surface area contributed by atoms with Gasteiger partial charge < -0.3 is 9.67 Å². The van der Waals surface area contributed by atoms with Crippen LogP contribution in [0.4, 0.5) is 0 Å². The standard InChI is InChI=1S/C11H17N3O/c15-7-11-5-12-8-14(11)10-3-4-13(6-10)9-1-2-9/h5,8-10,15H,1-4,6-7H2. The predicted molar refractivity (Wildman–Crippen MR) is 56.4 cm³/mol. The van der Waals surface area contributed by atoms with Crippen molar-refractivity contribution in [3.63, 3.8) is 0 Å². The highest BCUT2D eigenvalue weighted by molar-refractivity contribution is 5.01. The zero-order chi connectivity index (χ0) is 10.3. The summed E-state index contributed by atoms with van der Waals surface area (Å²) in [5.74, 6) is 0. The van der Waals surface area contributed by atoms with E-state index in [-0.39, 0.29) is 6.61 Å². The molecule has 4 nitrogen and oxygen atoms in total. The Morgan fingerprint density at radius 1 is 1.33 bits per heavy atom. The molecule has 3 rings (SSSR count). The molecule has 1 aliphatic heterocycles. The average Bonchev–Trinajstić information content (AvgIpc) is 2.83. The maximum atomic E-state index is 9.18. The van der Waals surface area contributed by atoms with Gasteiger partial charge in [0.15, 0.2) is 0 Å². The molecule has 1 aliphatic carbocycles. The second-order valence-electron chi connectivity index (χ2n) is 4.62. The molecule has 1 saturated carbocycles. The molecule has 0 aromatic carbocycles. The molecule has 1 N–H and O–H groups in total. The Morgan fingerprint density at radius 2 is 2.20 bits per heavy atom. The zero-order valence-electron chi connectivity index (χ0n) is 8.84. The molecule has 4 heteroatoms. The first-order valence-corrected chi connectivity index (χ1v) is 5.74. The minimum absolute atomic E-state index is 0.0972. The summed E-state index contributed by atoms with van der Waals surface area (Å²) in [5, 5.41) is 9.18. The Bertz CT molecular complexity index is 345. The highest BCUT2D eigenvalue weighted by atomic mass is 16.3. The average molecular weight is 207 g/mol. The summed E-state index contributed by atoms with van der Waals surface area (Å²) in [4.78, 5) is 6.68. The van der Waals surface area contributed by atoms with Crippen LogP contribution in [0.25, 0.3) is 0 Å². The number of imidazole rings is 1. The van der Waals surface area contributed by atoms with Crippen molar-refractivity contribution in [2.24, 2.45) is 0 Å². The summed E-state index contributed by atoms with van der Waals surface area (Å²) in [5.41, 5.74) is 0.942. The number of hydrogen-bond acceptors (Lipinski definition) is 3. The highest BCUT2D eigenvalue weighted by Gasteiger charge is 2.35. The van der Waals surface area contributed by atoms with Crippen LogP contribution >= 0.6 is 0 Å². The van der Waals surface area contributed by atoms with Crippen LogP contribution in [0.3, 0.4) is 0 Å². The molecule has 1 saturated heterocycles. The second kappa shape index (κ2) is 3.61. The lowest BCUT2D eigenvalue weighted by atomic mass is 10.2. The second-order valence-corrected chi connectivity index (χ2v) is 4.62. The van der Waals surface area contributed by atoms with Gasteiger partial charge in [-0.2, -0.15) is 0 Å². The molecule has 0 amide bonds. The van der Waals surface area contributed by atoms with E-state index in [1.165, 1.54) is 25.8 Å². The van der Waals surface area contributed by atoms with Gasteiger partial charge in [0, 0.05) is 25.2 Å². The first-order chi connectivity index (χ1) is 7.38. The number of hydrogen-bond donors (Lipinski definition) is 1. The molecule has 0 bridgehead atoms. The first kappa shape index (κ1) is 9.36. The number of aliphatic hydroxyl groups is 1. The minimum Gasteiger partial charge on any atom is -0.390 e. The van der Waals surface area contributed by atoms with Gasteiger partial charge in [-0.3, -0.25) is 4.90 Å². The fourth-order valence-electron chi connectivity index (χ4n) is 2.55. The van der Waals surface area contributed by atoms with Crippen LogP contribution in [0.15, 0.2) is 12.5 Å². The minimum atomic E-state index is 0.0972. The normalized spacial score (nSPS) is 27.4. The van der Waals surface area contributed by atoms with Crippen molar-refractivity contribution in [3.8, 4) is 0 Å². The fraction of sp³-hybridized carbons (Fsp3) is 0.727. The molecule has 0 spiro atoms. The predicted octanol–water partition coefficient (Wildman–Crippen LogP) is 0.785. The van der Waals surface area contributed by atoms with Gasteiger partial charge in [0.1, 0.15) is 0 Å². The first-order valence-electron chi connectivity index (χ1n) is 5.74. The molecule has 2 aliphatic rings. The smallest absolute Gasteiger partial charge is 0.0951 e. The van der Waals surface area contributed by atoms with Gasteiger partial charge in [-0.1, -0.05) is 0 Å². The van der Waals surface area contributed by atoms with Crippen molar-refractivity contribution in [1.82, 2.24) is 14.5 Å². The number of aromatic nitrogens is 2. The molecule has 15 heavy (non-hydrogen) atoms. The summed E-state index contributed by atoms with van der Waals surface area (Å²) < 4.78 is 2.14. The third-order valence-electron chi connectivity index (χ3n) is 3.56. The van der Waals surface area contributed by atoms with Crippen LogP contribution in [0, 0.1) is 0 Å². The van der Waals surface area contributed by atoms with Gasteiger partial charge in [-0.15, -0.1) is 0 Å². The lowest BCUT2D eigenvalue weighted by Gasteiger charge is -2.16. The Morgan fingerprint density at radius 3 is 2.93 bits per heavy atom. The number of aliphatic hydroxyl groups excluding tert-OH is 1. The van der Waals surface area contributed by atoms with Gasteiger partial charge in [0.05, 0.1) is 24.8 Å². The number of rotatable bonds is 3. The van der Waals surface area contributed by atoms with Gasteiger partial charge in [0.2, 0.25) is 0 Å². The van der Waals surface area contributed by atoms with Crippen LogP contribution in [0.5, 0.6) is 0 Å². The van der Waals surface area contributed by atoms with E-state index in [2.05, 4.69) is 14.5 Å². The molecular weight excluding hydrogens is 190 g/mol. The van der Waals surface area contributed by atoms with Gasteiger partial charge >= 0.3 is 0 Å². The summed E-state index contributed by atoms with van der Waals surface area (Å²) in [6.07, 6.45) is 7.57. The Hall–Kier alpha value is -0.870. The van der Waals surface area contributed by atoms with E-state index in [1.807, 2.05) is 6.33 Å². The van der Waals surface area contributed by atoms with Crippen molar-refractivity contribution in [1.29, 1.82) is 0 Å². The van der Waals surface area contributed by atoms with Crippen LogP contribution in [-0.4, -0.2) is 38.7 Å². The summed E-state index contributed by atoms with van der Waals surface area (Å²) in [6.45, 7) is 2.44. The Labute approximate surface area is 89.5 Å². The van der Waals surface area contributed by atoms with E-state index in [4.69, 9.17) is 0 Å². The van der Waals surface area contributed by atoms with E-state index >= 15 is 0 Å². The third-order valence-corrected chi connectivity index (χ3v) is 3.56. The molecule has 2 heterocycles. The van der Waals surface area contributed by atoms with Crippen molar-refractivity contribution in [2.75, 3.05) is 13.1 Å². The molecule has 1 atom stereocenters. The molecule has 0 radical (unpaired) electrons. The summed E-state index contributed by atoms with van der Waals surface area (Å²) in [6, 6.07) is 1.38. The highest BCUT2D eigenvalue weighted by Crippen LogP contribution is 2.33. The maximum Gasteiger partial charge on any atom is 0.0951 e. The number of nitrogens with zero attached hydrogens (tertiary/aromatic N) is 3. The molecule has 1 unspecified atom stereocenters. The van der Waals surface area contributed by atoms with Crippen molar-refractivity contribution in [2.45, 2.75) is 38.0 Å². The number of likely N-dealkylation sites (tertiary alicyclic amines) is 1. The van der Waals surface area contributed by atoms with Crippen LogP contribution in [0.1, 0.15) is 31.0 Å². The van der Waals surface area contributed by atoms with E-state index in [1.54, 1.807) is 6.20 Å². The lowest BCUT2D eigenvalue weighted by Crippen LogP contribution is -2.24. The molecule has 2 fully saturated rings. The quantitative estimate of drug-likeness (QED) is 0.796. The monoisotopic (exact) mass is 207 g/mol. The Balaban J connectivity index is 1.72. The van der Waals surface area contributed by atoms with Gasteiger partial charge in [0.25, 0.3) is 0 Å². The van der Waals surface area contributed by atoms with Crippen LogP contribution in [0.2, 0.25) is 0 Å². The Kier molecular flexibility index (Phi) is 2.25. The van der Waals surface area contributed by atoms with Crippen LogP contribution < -0.4 is 0 Å². The van der Waals surface area contributed by atoms with Crippen molar-refractivity contribution < 1.29 is 5.11 Å². The molecule has 82 valence electrons. The van der Waals surface area contributed by atoms with Crippen molar-refractivity contribution >= 4 is 0 Å². The molecular formula is C11H17N3O. The summed E-state index contributed by atoms with van der Waals surface area (Å²) in [7, 11) is 0. The van der Waals surface area contributed by atoms with E-state index in [0.717, 1.165) is 18.3 Å².